The minimum atomic E-state index is 0.149. The lowest BCUT2D eigenvalue weighted by Crippen LogP contribution is -2.50. The van der Waals surface area contributed by atoms with Crippen molar-refractivity contribution < 1.29 is 9.90 Å². The van der Waals surface area contributed by atoms with Crippen LogP contribution in [0.1, 0.15) is 13.3 Å². The minimum Gasteiger partial charge on any atom is -0.395 e. The number of aliphatic hydroxyl groups is 1. The fourth-order valence-corrected chi connectivity index (χ4v) is 2.71. The molecule has 5 heteroatoms. The summed E-state index contributed by atoms with van der Waals surface area (Å²) in [6.07, 6.45) is 1.02. The van der Waals surface area contributed by atoms with E-state index in [1.165, 1.54) is 0 Å². The first-order valence-corrected chi connectivity index (χ1v) is 7.05. The van der Waals surface area contributed by atoms with Crippen LogP contribution in [0.3, 0.4) is 0 Å². The maximum atomic E-state index is 12.4. The zero-order chi connectivity index (χ0) is 13.0. The molecule has 2 aliphatic heterocycles. The summed E-state index contributed by atoms with van der Waals surface area (Å²) in [5.41, 5.74) is 0. The number of nitrogens with one attached hydrogen (secondary N) is 1. The largest absolute Gasteiger partial charge is 0.395 e. The fraction of sp³-hybridized carbons (Fsp3) is 0.923. The van der Waals surface area contributed by atoms with Crippen molar-refractivity contribution in [2.75, 3.05) is 52.4 Å². The van der Waals surface area contributed by atoms with E-state index in [0.717, 1.165) is 52.2 Å². The van der Waals surface area contributed by atoms with Gasteiger partial charge in [0.1, 0.15) is 0 Å². The van der Waals surface area contributed by atoms with Crippen LogP contribution in [0.4, 0.5) is 0 Å². The Morgan fingerprint density at radius 3 is 2.72 bits per heavy atom. The Bertz CT molecular complexity index is 281. The number of hydrogen-bond donors (Lipinski definition) is 2. The van der Waals surface area contributed by atoms with Gasteiger partial charge >= 0.3 is 0 Å². The van der Waals surface area contributed by atoms with Gasteiger partial charge in [0.05, 0.1) is 6.61 Å². The van der Waals surface area contributed by atoms with Crippen LogP contribution in [0, 0.1) is 11.8 Å². The summed E-state index contributed by atoms with van der Waals surface area (Å²) in [7, 11) is 0. The smallest absolute Gasteiger partial charge is 0.225 e. The van der Waals surface area contributed by atoms with Gasteiger partial charge in [-0.3, -0.25) is 9.69 Å². The second-order valence-electron chi connectivity index (χ2n) is 5.45. The van der Waals surface area contributed by atoms with Gasteiger partial charge in [0.25, 0.3) is 0 Å². The van der Waals surface area contributed by atoms with Gasteiger partial charge < -0.3 is 15.3 Å². The molecule has 0 spiro atoms. The standard InChI is InChI=1S/C13H25N3O2/c1-11(12-9-14-10-12)13(18)16-4-2-3-15(5-6-16)7-8-17/h11-12,14,17H,2-10H2,1H3. The van der Waals surface area contributed by atoms with Gasteiger partial charge in [-0.15, -0.1) is 0 Å². The van der Waals surface area contributed by atoms with Crippen molar-refractivity contribution in [3.63, 3.8) is 0 Å². The maximum absolute atomic E-state index is 12.4. The summed E-state index contributed by atoms with van der Waals surface area (Å²) in [4.78, 5) is 16.6. The van der Waals surface area contributed by atoms with Gasteiger partial charge in [-0.2, -0.15) is 0 Å². The van der Waals surface area contributed by atoms with Crippen LogP contribution >= 0.6 is 0 Å². The lowest BCUT2D eigenvalue weighted by atomic mass is 9.88. The third-order valence-corrected chi connectivity index (χ3v) is 4.23. The van der Waals surface area contributed by atoms with Crippen LogP contribution in [0.5, 0.6) is 0 Å². The Balaban J connectivity index is 1.82. The summed E-state index contributed by atoms with van der Waals surface area (Å²) >= 11 is 0. The normalized spacial score (nSPS) is 24.4. The van der Waals surface area contributed by atoms with Gasteiger partial charge in [-0.25, -0.2) is 0 Å². The monoisotopic (exact) mass is 255 g/mol. The SMILES string of the molecule is CC(C(=O)N1CCCN(CCO)CC1)C1CNC1. The molecule has 2 rings (SSSR count). The summed E-state index contributed by atoms with van der Waals surface area (Å²) in [6.45, 7) is 8.52. The summed E-state index contributed by atoms with van der Waals surface area (Å²) < 4.78 is 0. The molecule has 18 heavy (non-hydrogen) atoms. The van der Waals surface area contributed by atoms with Crippen molar-refractivity contribution in [3.05, 3.63) is 0 Å². The molecule has 0 saturated carbocycles. The first-order chi connectivity index (χ1) is 8.72. The fourth-order valence-electron chi connectivity index (χ4n) is 2.71. The molecule has 2 fully saturated rings. The Kier molecular flexibility index (Phi) is 4.97. The van der Waals surface area contributed by atoms with Gasteiger partial charge in [0.15, 0.2) is 0 Å². The highest BCUT2D eigenvalue weighted by Gasteiger charge is 2.32. The molecular weight excluding hydrogens is 230 g/mol. The summed E-state index contributed by atoms with van der Waals surface area (Å²) in [6, 6.07) is 0. The second-order valence-corrected chi connectivity index (χ2v) is 5.45. The van der Waals surface area contributed by atoms with Crippen LogP contribution in [-0.4, -0.2) is 73.2 Å². The lowest BCUT2D eigenvalue weighted by Gasteiger charge is -2.34. The first-order valence-electron chi connectivity index (χ1n) is 7.05. The molecule has 2 saturated heterocycles. The number of nitrogens with zero attached hydrogens (tertiary/aromatic N) is 2. The van der Waals surface area contributed by atoms with Crippen molar-refractivity contribution in [2.24, 2.45) is 11.8 Å². The number of carbonyl (C=O) groups is 1. The molecule has 2 heterocycles. The van der Waals surface area contributed by atoms with E-state index in [-0.39, 0.29) is 12.5 Å². The molecule has 0 aliphatic carbocycles. The average Bonchev–Trinajstić information content (AvgIpc) is 2.52. The predicted octanol–water partition coefficient (Wildman–Crippen LogP) is -0.631. The van der Waals surface area contributed by atoms with E-state index in [9.17, 15) is 4.79 Å². The summed E-state index contributed by atoms with van der Waals surface area (Å²) in [5.74, 6) is 0.984. The highest BCUT2D eigenvalue weighted by molar-refractivity contribution is 5.79. The molecule has 2 aliphatic rings. The van der Waals surface area contributed by atoms with Crippen molar-refractivity contribution >= 4 is 5.91 Å². The predicted molar refractivity (Wildman–Crippen MR) is 70.2 cm³/mol. The minimum absolute atomic E-state index is 0.149. The van der Waals surface area contributed by atoms with Crippen LogP contribution in [0.25, 0.3) is 0 Å². The number of rotatable bonds is 4. The number of aliphatic hydroxyl groups excluding tert-OH is 1. The van der Waals surface area contributed by atoms with Crippen LogP contribution < -0.4 is 5.32 Å². The van der Waals surface area contributed by atoms with E-state index in [2.05, 4.69) is 17.1 Å². The van der Waals surface area contributed by atoms with E-state index in [4.69, 9.17) is 5.11 Å². The average molecular weight is 255 g/mol. The zero-order valence-corrected chi connectivity index (χ0v) is 11.3. The molecule has 0 aromatic rings. The van der Waals surface area contributed by atoms with Gasteiger partial charge in [-0.05, 0) is 32.0 Å². The number of amides is 1. The Hall–Kier alpha value is -0.650. The van der Waals surface area contributed by atoms with Crippen molar-refractivity contribution in [2.45, 2.75) is 13.3 Å². The first kappa shape index (κ1) is 13.8. The Morgan fingerprint density at radius 1 is 1.33 bits per heavy atom. The van der Waals surface area contributed by atoms with E-state index >= 15 is 0 Å². The Morgan fingerprint density at radius 2 is 2.11 bits per heavy atom. The number of hydrogen-bond acceptors (Lipinski definition) is 4. The molecule has 0 aromatic carbocycles. The number of carbonyl (C=O) groups excluding carboxylic acids is 1. The third-order valence-electron chi connectivity index (χ3n) is 4.23. The molecule has 0 bridgehead atoms. The third kappa shape index (κ3) is 3.22. The summed E-state index contributed by atoms with van der Waals surface area (Å²) in [5, 5.41) is 12.2. The van der Waals surface area contributed by atoms with E-state index in [1.807, 2.05) is 4.90 Å². The van der Waals surface area contributed by atoms with Crippen LogP contribution in [-0.2, 0) is 4.79 Å². The van der Waals surface area contributed by atoms with Crippen molar-refractivity contribution in [1.29, 1.82) is 0 Å². The molecule has 1 amide bonds. The van der Waals surface area contributed by atoms with Crippen LogP contribution in [0.2, 0.25) is 0 Å². The molecule has 2 N–H and O–H groups in total. The van der Waals surface area contributed by atoms with E-state index < -0.39 is 0 Å². The van der Waals surface area contributed by atoms with Crippen molar-refractivity contribution in [1.82, 2.24) is 15.1 Å². The molecule has 5 nitrogen and oxygen atoms in total. The highest BCUT2D eigenvalue weighted by atomic mass is 16.3. The quantitative estimate of drug-likeness (QED) is 0.702. The Labute approximate surface area is 109 Å². The molecule has 104 valence electrons. The highest BCUT2D eigenvalue weighted by Crippen LogP contribution is 2.19. The van der Waals surface area contributed by atoms with E-state index in [0.29, 0.717) is 11.8 Å². The van der Waals surface area contributed by atoms with Gasteiger partial charge in [-0.1, -0.05) is 6.92 Å². The zero-order valence-electron chi connectivity index (χ0n) is 11.3. The molecule has 0 aromatic heterocycles. The molecule has 1 atom stereocenters. The topological polar surface area (TPSA) is 55.8 Å². The lowest BCUT2D eigenvalue weighted by molar-refractivity contribution is -0.137. The molecule has 0 radical (unpaired) electrons. The van der Waals surface area contributed by atoms with Gasteiger partial charge in [0, 0.05) is 32.1 Å². The van der Waals surface area contributed by atoms with E-state index in [1.54, 1.807) is 0 Å². The number of β-amino-alcohol motifs (C(OH)–C–C–N with tert-alkyl or cyclic N) is 1. The van der Waals surface area contributed by atoms with Crippen molar-refractivity contribution in [3.8, 4) is 0 Å². The van der Waals surface area contributed by atoms with Crippen LogP contribution in [0.15, 0.2) is 0 Å². The van der Waals surface area contributed by atoms with Gasteiger partial charge in [0.2, 0.25) is 5.91 Å². The maximum Gasteiger partial charge on any atom is 0.225 e. The second kappa shape index (κ2) is 6.50. The molecule has 1 unspecified atom stereocenters. The molecular formula is C13H25N3O2.